The largest absolute Gasteiger partial charge is 0.0622 e. The van der Waals surface area contributed by atoms with Crippen molar-refractivity contribution in [3.8, 4) is 66.8 Å². The maximum absolute atomic E-state index is 2.39. The first-order valence-corrected chi connectivity index (χ1v) is 30.6. The van der Waals surface area contributed by atoms with Gasteiger partial charge in [0.25, 0.3) is 0 Å². The Morgan fingerprint density at radius 1 is 0.0909 bits per heavy atom. The maximum Gasteiger partial charge on any atom is -0.00262 e. The lowest BCUT2D eigenvalue weighted by atomic mass is 9.85. The molecule has 0 heterocycles. The average molecular weight is 1110 g/mol. The molecule has 408 valence electrons. The molecule has 0 amide bonds. The number of hydrogen-bond acceptors (Lipinski definition) is 0. The molecular formula is C88H56. The second-order valence-electron chi connectivity index (χ2n) is 23.3. The SMILES string of the molecule is c1ccc(-c2c3ccccc3c(-c3ccc(-c4ccc5c6ccccc6c6ccccc6c5c4)cc3)c3ccccc23)cc1.c1ccc(-c2c3ccccc3c(-c3cccc(-c4ccc5c6ccccc6c6ccccc6c5c4)c3)c3ccccc23)cc1. The van der Waals surface area contributed by atoms with Crippen molar-refractivity contribution in [3.05, 3.63) is 340 Å². The Bertz CT molecular complexity index is 5580. The zero-order valence-electron chi connectivity index (χ0n) is 48.3. The van der Waals surface area contributed by atoms with Gasteiger partial charge in [0.1, 0.15) is 0 Å². The molecule has 0 N–H and O–H groups in total. The number of fused-ring (bicyclic) bond motifs is 16. The Balaban J connectivity index is 0.000000137. The summed E-state index contributed by atoms with van der Waals surface area (Å²) in [5.74, 6) is 0. The van der Waals surface area contributed by atoms with Crippen molar-refractivity contribution in [2.24, 2.45) is 0 Å². The lowest BCUT2D eigenvalue weighted by Gasteiger charge is -2.18. The van der Waals surface area contributed by atoms with Crippen LogP contribution in [-0.4, -0.2) is 0 Å². The number of rotatable bonds is 6. The second kappa shape index (κ2) is 21.3. The molecule has 0 unspecified atom stereocenters. The van der Waals surface area contributed by atoms with Gasteiger partial charge in [0, 0.05) is 0 Å². The van der Waals surface area contributed by atoms with E-state index in [1.165, 1.54) is 174 Å². The molecule has 0 saturated carbocycles. The minimum Gasteiger partial charge on any atom is -0.0622 e. The summed E-state index contributed by atoms with van der Waals surface area (Å²) in [7, 11) is 0. The van der Waals surface area contributed by atoms with Crippen LogP contribution in [0.5, 0.6) is 0 Å². The Morgan fingerprint density at radius 3 is 0.614 bits per heavy atom. The molecule has 0 spiro atoms. The summed E-state index contributed by atoms with van der Waals surface area (Å²) in [6.07, 6.45) is 0. The normalized spacial score (nSPS) is 11.6. The summed E-state index contributed by atoms with van der Waals surface area (Å²) in [4.78, 5) is 0. The van der Waals surface area contributed by atoms with Crippen LogP contribution in [0, 0.1) is 0 Å². The Hall–Kier alpha value is -11.4. The number of benzene rings is 18. The third-order valence-electron chi connectivity index (χ3n) is 18.5. The standard InChI is InChI=1S/2C44H28/c1-2-13-29(14-3-1)43-38-21-8-10-23-40(38)44(41-24-11-9-22-39(41)43)32-16-12-15-30(27-32)31-25-26-37-35-19-5-4-17-33(35)34-18-6-7-20-36(34)42(37)28-31;1-2-12-30(13-3-1)43-38-18-8-10-20-40(38)44(41-21-11-9-19-39(41)43)31-24-22-29(23-25-31)32-26-27-37-35-16-5-4-14-33(35)34-15-6-7-17-36(34)42(37)28-32/h2*1-28H. The maximum atomic E-state index is 2.39. The van der Waals surface area contributed by atoms with Crippen LogP contribution in [0.4, 0.5) is 0 Å². The molecule has 18 aromatic rings. The van der Waals surface area contributed by atoms with Crippen LogP contribution in [0.3, 0.4) is 0 Å². The molecule has 0 nitrogen and oxygen atoms in total. The first kappa shape index (κ1) is 51.0. The third kappa shape index (κ3) is 8.45. The fourth-order valence-corrected chi connectivity index (χ4v) is 14.6. The molecular weight excluding hydrogens is 1060 g/mol. The van der Waals surface area contributed by atoms with E-state index >= 15 is 0 Å². The monoisotopic (exact) mass is 1110 g/mol. The fraction of sp³-hybridized carbons (Fsp3) is 0. The molecule has 0 radical (unpaired) electrons. The van der Waals surface area contributed by atoms with Crippen molar-refractivity contribution < 1.29 is 0 Å². The molecule has 0 saturated heterocycles. The van der Waals surface area contributed by atoms with E-state index in [2.05, 4.69) is 340 Å². The molecule has 0 fully saturated rings. The zero-order valence-corrected chi connectivity index (χ0v) is 48.3. The molecule has 88 heavy (non-hydrogen) atoms. The summed E-state index contributed by atoms with van der Waals surface area (Å²) < 4.78 is 0. The Labute approximate surface area is 511 Å². The van der Waals surface area contributed by atoms with E-state index in [1.54, 1.807) is 0 Å². The quantitative estimate of drug-likeness (QED) is 0.115. The van der Waals surface area contributed by atoms with E-state index < -0.39 is 0 Å². The van der Waals surface area contributed by atoms with Crippen LogP contribution in [0.25, 0.3) is 174 Å². The first-order valence-electron chi connectivity index (χ1n) is 30.6. The summed E-state index contributed by atoms with van der Waals surface area (Å²) in [6.45, 7) is 0. The van der Waals surface area contributed by atoms with Crippen molar-refractivity contribution in [2.75, 3.05) is 0 Å². The van der Waals surface area contributed by atoms with Gasteiger partial charge in [0.05, 0.1) is 0 Å². The lowest BCUT2D eigenvalue weighted by molar-refractivity contribution is 1.63. The van der Waals surface area contributed by atoms with Gasteiger partial charge in [-0.2, -0.15) is 0 Å². The van der Waals surface area contributed by atoms with Gasteiger partial charge in [-0.25, -0.2) is 0 Å². The highest BCUT2D eigenvalue weighted by Crippen LogP contribution is 2.47. The van der Waals surface area contributed by atoms with E-state index in [0.29, 0.717) is 0 Å². The molecule has 0 heteroatoms. The molecule has 18 rings (SSSR count). The number of hydrogen-bond donors (Lipinski definition) is 0. The van der Waals surface area contributed by atoms with Gasteiger partial charge in [0.15, 0.2) is 0 Å². The summed E-state index contributed by atoms with van der Waals surface area (Å²) in [5.41, 5.74) is 15.1. The van der Waals surface area contributed by atoms with Crippen LogP contribution in [0.2, 0.25) is 0 Å². The highest BCUT2D eigenvalue weighted by Gasteiger charge is 2.20. The molecule has 0 aliphatic rings. The Morgan fingerprint density at radius 2 is 0.284 bits per heavy atom. The summed E-state index contributed by atoms with van der Waals surface area (Å²) >= 11 is 0. The van der Waals surface area contributed by atoms with E-state index in [0.717, 1.165) is 0 Å². The van der Waals surface area contributed by atoms with Crippen molar-refractivity contribution in [3.63, 3.8) is 0 Å². The molecule has 18 aromatic carbocycles. The zero-order chi connectivity index (χ0) is 58.1. The Kier molecular flexibility index (Phi) is 12.3. The van der Waals surface area contributed by atoms with Crippen molar-refractivity contribution in [1.82, 2.24) is 0 Å². The first-order chi connectivity index (χ1) is 43.7. The molecule has 0 aromatic heterocycles. The molecule has 0 atom stereocenters. The van der Waals surface area contributed by atoms with Crippen molar-refractivity contribution in [1.29, 1.82) is 0 Å². The minimum absolute atomic E-state index is 1.22. The van der Waals surface area contributed by atoms with E-state index in [4.69, 9.17) is 0 Å². The smallest absolute Gasteiger partial charge is 0.00262 e. The molecule has 0 bridgehead atoms. The topological polar surface area (TPSA) is 0 Å². The van der Waals surface area contributed by atoms with Crippen LogP contribution in [-0.2, 0) is 0 Å². The van der Waals surface area contributed by atoms with Crippen LogP contribution in [0.1, 0.15) is 0 Å². The van der Waals surface area contributed by atoms with E-state index in [9.17, 15) is 0 Å². The third-order valence-corrected chi connectivity index (χ3v) is 18.5. The van der Waals surface area contributed by atoms with Gasteiger partial charge in [0.2, 0.25) is 0 Å². The predicted octanol–water partition coefficient (Wildman–Crippen LogP) is 24.9. The van der Waals surface area contributed by atoms with Gasteiger partial charge < -0.3 is 0 Å². The average Bonchev–Trinajstić information content (AvgIpc) is 1.23. The summed E-state index contributed by atoms with van der Waals surface area (Å²) in [6, 6.07) is 124. The highest BCUT2D eigenvalue weighted by atomic mass is 14.2. The predicted molar refractivity (Wildman–Crippen MR) is 381 cm³/mol. The second-order valence-corrected chi connectivity index (χ2v) is 23.3. The van der Waals surface area contributed by atoms with E-state index in [-0.39, 0.29) is 0 Å². The van der Waals surface area contributed by atoms with Gasteiger partial charge in [-0.05, 0) is 193 Å². The van der Waals surface area contributed by atoms with Gasteiger partial charge >= 0.3 is 0 Å². The highest BCUT2D eigenvalue weighted by molar-refractivity contribution is 6.28. The van der Waals surface area contributed by atoms with Gasteiger partial charge in [-0.15, -0.1) is 0 Å². The minimum atomic E-state index is 1.22. The fourth-order valence-electron chi connectivity index (χ4n) is 14.6. The van der Waals surface area contributed by atoms with Crippen LogP contribution < -0.4 is 0 Å². The van der Waals surface area contributed by atoms with E-state index in [1.807, 2.05) is 0 Å². The van der Waals surface area contributed by atoms with Crippen molar-refractivity contribution >= 4 is 108 Å². The molecule has 0 aliphatic heterocycles. The van der Waals surface area contributed by atoms with Gasteiger partial charge in [-0.3, -0.25) is 0 Å². The lowest BCUT2D eigenvalue weighted by Crippen LogP contribution is -1.91. The van der Waals surface area contributed by atoms with Crippen molar-refractivity contribution in [2.45, 2.75) is 0 Å². The van der Waals surface area contributed by atoms with Crippen LogP contribution in [0.15, 0.2) is 340 Å². The van der Waals surface area contributed by atoms with Crippen LogP contribution >= 0.6 is 0 Å². The summed E-state index contributed by atoms with van der Waals surface area (Å²) in [5, 5.41) is 25.9. The van der Waals surface area contributed by atoms with Gasteiger partial charge in [-0.1, -0.05) is 322 Å². The molecule has 0 aliphatic carbocycles.